The average Bonchev–Trinajstić information content (AvgIpc) is 2.86. The van der Waals surface area contributed by atoms with Gasteiger partial charge in [-0.1, -0.05) is 30.5 Å². The normalized spacial score (nSPS) is 28.4. The van der Waals surface area contributed by atoms with E-state index in [-0.39, 0.29) is 23.7 Å². The summed E-state index contributed by atoms with van der Waals surface area (Å²) in [6.07, 6.45) is 4.67. The number of aryl methyl sites for hydroxylation is 1. The summed E-state index contributed by atoms with van der Waals surface area (Å²) in [5.41, 5.74) is 1.97. The standard InChI is InChI=1S/C16H22N2O.ClH/c1-12-5-7-14(8-6-12)18-15(19)16-9-3-2-4-13(16)10-17-11-16;/h5-8,13,17H,2-4,9-11H2,1H3,(H,18,19);1H/t13-,16+;/m0./s1. The Bertz CT molecular complexity index is 474. The van der Waals surface area contributed by atoms with E-state index in [0.717, 1.165) is 25.2 Å². The van der Waals surface area contributed by atoms with Crippen LogP contribution in [0.4, 0.5) is 5.69 Å². The molecule has 2 N–H and O–H groups in total. The van der Waals surface area contributed by atoms with Gasteiger partial charge in [-0.3, -0.25) is 4.79 Å². The Labute approximate surface area is 126 Å². The third-order valence-electron chi connectivity index (χ3n) is 4.80. The van der Waals surface area contributed by atoms with E-state index >= 15 is 0 Å². The topological polar surface area (TPSA) is 41.1 Å². The van der Waals surface area contributed by atoms with Crippen LogP contribution in [0.15, 0.2) is 24.3 Å². The molecule has 1 aliphatic carbocycles. The van der Waals surface area contributed by atoms with Gasteiger partial charge in [-0.25, -0.2) is 0 Å². The predicted octanol–water partition coefficient (Wildman–Crippen LogP) is 3.14. The molecular formula is C16H23ClN2O. The van der Waals surface area contributed by atoms with Crippen LogP contribution in [0.2, 0.25) is 0 Å². The van der Waals surface area contributed by atoms with Gasteiger partial charge in [0.2, 0.25) is 5.91 Å². The zero-order valence-corrected chi connectivity index (χ0v) is 12.8. The summed E-state index contributed by atoms with van der Waals surface area (Å²) in [6, 6.07) is 8.06. The van der Waals surface area contributed by atoms with Crippen molar-refractivity contribution in [2.75, 3.05) is 18.4 Å². The third-order valence-corrected chi connectivity index (χ3v) is 4.80. The first-order valence-electron chi connectivity index (χ1n) is 7.29. The van der Waals surface area contributed by atoms with Crippen molar-refractivity contribution in [3.63, 3.8) is 0 Å². The van der Waals surface area contributed by atoms with Gasteiger partial charge in [0.15, 0.2) is 0 Å². The van der Waals surface area contributed by atoms with E-state index in [2.05, 4.69) is 17.6 Å². The highest BCUT2D eigenvalue weighted by Gasteiger charge is 2.49. The number of nitrogens with one attached hydrogen (secondary N) is 2. The van der Waals surface area contributed by atoms with Crippen LogP contribution in [0.3, 0.4) is 0 Å². The molecule has 0 aromatic heterocycles. The van der Waals surface area contributed by atoms with E-state index in [1.165, 1.54) is 24.8 Å². The van der Waals surface area contributed by atoms with Gasteiger partial charge in [0, 0.05) is 12.2 Å². The van der Waals surface area contributed by atoms with E-state index in [1.807, 2.05) is 24.3 Å². The van der Waals surface area contributed by atoms with Crippen molar-refractivity contribution in [2.45, 2.75) is 32.6 Å². The Morgan fingerprint density at radius 3 is 2.80 bits per heavy atom. The second-order valence-electron chi connectivity index (χ2n) is 6.05. The highest BCUT2D eigenvalue weighted by atomic mass is 35.5. The second-order valence-corrected chi connectivity index (χ2v) is 6.05. The molecule has 1 aromatic carbocycles. The number of rotatable bonds is 2. The van der Waals surface area contributed by atoms with Gasteiger partial charge < -0.3 is 10.6 Å². The Morgan fingerprint density at radius 2 is 2.05 bits per heavy atom. The average molecular weight is 295 g/mol. The van der Waals surface area contributed by atoms with E-state index in [1.54, 1.807) is 0 Å². The van der Waals surface area contributed by atoms with Crippen LogP contribution in [0.1, 0.15) is 31.2 Å². The number of hydrogen-bond acceptors (Lipinski definition) is 2. The summed E-state index contributed by atoms with van der Waals surface area (Å²) < 4.78 is 0. The minimum atomic E-state index is -0.164. The maximum atomic E-state index is 12.7. The molecule has 0 radical (unpaired) electrons. The van der Waals surface area contributed by atoms with Gasteiger partial charge in [0.1, 0.15) is 0 Å². The van der Waals surface area contributed by atoms with Crippen LogP contribution in [0.5, 0.6) is 0 Å². The largest absolute Gasteiger partial charge is 0.326 e. The van der Waals surface area contributed by atoms with Gasteiger partial charge in [-0.2, -0.15) is 0 Å². The lowest BCUT2D eigenvalue weighted by atomic mass is 9.67. The van der Waals surface area contributed by atoms with Crippen LogP contribution >= 0.6 is 12.4 Å². The molecule has 20 heavy (non-hydrogen) atoms. The summed E-state index contributed by atoms with van der Waals surface area (Å²) in [4.78, 5) is 12.7. The molecule has 3 rings (SSSR count). The molecule has 0 bridgehead atoms. The summed E-state index contributed by atoms with van der Waals surface area (Å²) in [5, 5.41) is 6.54. The quantitative estimate of drug-likeness (QED) is 0.880. The zero-order chi connectivity index (χ0) is 13.3. The Morgan fingerprint density at radius 1 is 1.30 bits per heavy atom. The van der Waals surface area contributed by atoms with Crippen LogP contribution in [0.25, 0.3) is 0 Å². The fourth-order valence-electron chi connectivity index (χ4n) is 3.58. The molecule has 4 heteroatoms. The summed E-state index contributed by atoms with van der Waals surface area (Å²) in [6.45, 7) is 3.90. The van der Waals surface area contributed by atoms with E-state index in [0.29, 0.717) is 5.92 Å². The SMILES string of the molecule is Cc1ccc(NC(=O)[C@@]23CCCC[C@H]2CNC3)cc1.Cl. The zero-order valence-electron chi connectivity index (χ0n) is 11.9. The van der Waals surface area contributed by atoms with Crippen LogP contribution in [-0.4, -0.2) is 19.0 Å². The van der Waals surface area contributed by atoms with E-state index in [9.17, 15) is 4.79 Å². The number of fused-ring (bicyclic) bond motifs is 1. The minimum Gasteiger partial charge on any atom is -0.326 e. The summed E-state index contributed by atoms with van der Waals surface area (Å²) in [7, 11) is 0. The van der Waals surface area contributed by atoms with Crippen LogP contribution in [0, 0.1) is 18.3 Å². The smallest absolute Gasteiger partial charge is 0.232 e. The van der Waals surface area contributed by atoms with Gasteiger partial charge >= 0.3 is 0 Å². The second kappa shape index (κ2) is 6.15. The molecule has 2 aliphatic rings. The van der Waals surface area contributed by atoms with E-state index in [4.69, 9.17) is 0 Å². The summed E-state index contributed by atoms with van der Waals surface area (Å²) >= 11 is 0. The van der Waals surface area contributed by atoms with Gasteiger partial charge in [-0.15, -0.1) is 12.4 Å². The van der Waals surface area contributed by atoms with Crippen molar-refractivity contribution >= 4 is 24.0 Å². The fourth-order valence-corrected chi connectivity index (χ4v) is 3.58. The molecule has 1 aromatic rings. The molecule has 0 spiro atoms. The van der Waals surface area contributed by atoms with Crippen molar-refractivity contribution in [3.8, 4) is 0 Å². The Balaban J connectivity index is 0.00000147. The van der Waals surface area contributed by atoms with Crippen molar-refractivity contribution in [2.24, 2.45) is 11.3 Å². The molecule has 1 aliphatic heterocycles. The van der Waals surface area contributed by atoms with Crippen LogP contribution in [-0.2, 0) is 4.79 Å². The lowest BCUT2D eigenvalue weighted by Crippen LogP contribution is -2.44. The number of carbonyl (C=O) groups is 1. The van der Waals surface area contributed by atoms with Gasteiger partial charge in [-0.05, 0) is 44.4 Å². The van der Waals surface area contributed by atoms with Crippen molar-refractivity contribution in [3.05, 3.63) is 29.8 Å². The summed E-state index contributed by atoms with van der Waals surface area (Å²) in [5.74, 6) is 0.734. The molecule has 3 nitrogen and oxygen atoms in total. The lowest BCUT2D eigenvalue weighted by Gasteiger charge is -2.37. The Kier molecular flexibility index (Phi) is 4.71. The van der Waals surface area contributed by atoms with E-state index < -0.39 is 0 Å². The molecular weight excluding hydrogens is 272 g/mol. The molecule has 1 heterocycles. The molecule has 2 fully saturated rings. The number of amides is 1. The van der Waals surface area contributed by atoms with Crippen molar-refractivity contribution in [1.29, 1.82) is 0 Å². The van der Waals surface area contributed by atoms with Crippen molar-refractivity contribution in [1.82, 2.24) is 5.32 Å². The van der Waals surface area contributed by atoms with Gasteiger partial charge in [0.25, 0.3) is 0 Å². The van der Waals surface area contributed by atoms with Crippen LogP contribution < -0.4 is 10.6 Å². The Hall–Kier alpha value is -1.06. The number of carbonyl (C=O) groups excluding carboxylic acids is 1. The maximum absolute atomic E-state index is 12.7. The molecule has 0 unspecified atom stereocenters. The minimum absolute atomic E-state index is 0. The predicted molar refractivity (Wildman–Crippen MR) is 84.3 cm³/mol. The number of halogens is 1. The molecule has 110 valence electrons. The number of hydrogen-bond donors (Lipinski definition) is 2. The van der Waals surface area contributed by atoms with Crippen molar-refractivity contribution < 1.29 is 4.79 Å². The lowest BCUT2D eigenvalue weighted by molar-refractivity contribution is -0.128. The maximum Gasteiger partial charge on any atom is 0.232 e. The first-order chi connectivity index (χ1) is 9.21. The monoisotopic (exact) mass is 294 g/mol. The first kappa shape index (κ1) is 15.3. The fraction of sp³-hybridized carbons (Fsp3) is 0.562. The number of benzene rings is 1. The highest BCUT2D eigenvalue weighted by Crippen LogP contribution is 2.44. The molecule has 2 atom stereocenters. The highest BCUT2D eigenvalue weighted by molar-refractivity contribution is 5.96. The molecule has 1 amide bonds. The molecule has 1 saturated carbocycles. The third kappa shape index (κ3) is 2.70. The number of anilines is 1. The first-order valence-corrected chi connectivity index (χ1v) is 7.29. The molecule has 1 saturated heterocycles. The van der Waals surface area contributed by atoms with Gasteiger partial charge in [0.05, 0.1) is 5.41 Å².